The Morgan fingerprint density at radius 2 is 1.53 bits per heavy atom. The maximum absolute atomic E-state index is 2.48. The van der Waals surface area contributed by atoms with E-state index in [1.807, 2.05) is 13.8 Å². The van der Waals surface area contributed by atoms with Crippen LogP contribution >= 0.6 is 0 Å². The fourth-order valence-electron chi connectivity index (χ4n) is 2.78. The van der Waals surface area contributed by atoms with Crippen molar-refractivity contribution in [3.63, 3.8) is 0 Å². The second-order valence-corrected chi connectivity index (χ2v) is 5.47. The molecule has 15 heavy (non-hydrogen) atoms. The number of rotatable bonds is 3. The summed E-state index contributed by atoms with van der Waals surface area (Å²) in [5, 5.41) is 0. The summed E-state index contributed by atoms with van der Waals surface area (Å²) in [5.74, 6) is 1.88. The fraction of sp³-hybridized carbons (Fsp3) is 1.00. The van der Waals surface area contributed by atoms with Crippen LogP contribution in [0.15, 0.2) is 0 Å². The third kappa shape index (κ3) is 4.17. The zero-order valence-corrected chi connectivity index (χ0v) is 11.9. The van der Waals surface area contributed by atoms with Gasteiger partial charge in [-0.2, -0.15) is 0 Å². The first kappa shape index (κ1) is 15.0. The predicted molar refractivity (Wildman–Crippen MR) is 71.2 cm³/mol. The summed E-state index contributed by atoms with van der Waals surface area (Å²) in [6, 6.07) is 0. The molecule has 1 aliphatic rings. The smallest absolute Gasteiger partial charge is 0.0300 e. The van der Waals surface area contributed by atoms with Crippen LogP contribution in [-0.4, -0.2) is 0 Å². The van der Waals surface area contributed by atoms with Crippen molar-refractivity contribution < 1.29 is 0 Å². The average molecular weight is 212 g/mol. The molecule has 0 aromatic heterocycles. The van der Waals surface area contributed by atoms with Crippen LogP contribution in [0.25, 0.3) is 0 Å². The number of hydrogen-bond acceptors (Lipinski definition) is 0. The third-order valence-electron chi connectivity index (χ3n) is 4.54. The minimum atomic E-state index is 0.579. The van der Waals surface area contributed by atoms with Gasteiger partial charge in [0.05, 0.1) is 0 Å². The van der Waals surface area contributed by atoms with Gasteiger partial charge in [-0.05, 0) is 30.1 Å². The van der Waals surface area contributed by atoms with E-state index in [1.54, 1.807) is 0 Å². The molecule has 0 heterocycles. The van der Waals surface area contributed by atoms with E-state index < -0.39 is 0 Å². The van der Waals surface area contributed by atoms with Crippen LogP contribution in [-0.2, 0) is 0 Å². The lowest BCUT2D eigenvalue weighted by molar-refractivity contribution is 0.0898. The van der Waals surface area contributed by atoms with E-state index in [-0.39, 0.29) is 0 Å². The maximum Gasteiger partial charge on any atom is -0.0300 e. The Bertz CT molecular complexity index is 140. The lowest BCUT2D eigenvalue weighted by Crippen LogP contribution is -2.32. The Morgan fingerprint density at radius 3 is 1.93 bits per heavy atom. The molecular weight excluding hydrogens is 180 g/mol. The molecule has 1 aliphatic carbocycles. The SMILES string of the molecule is CC.CCC(C)C(C)(C)C1CCCCC1. The molecule has 0 heteroatoms. The summed E-state index contributed by atoms with van der Waals surface area (Å²) in [5.41, 5.74) is 0.579. The highest BCUT2D eigenvalue weighted by atomic mass is 14.4. The summed E-state index contributed by atoms with van der Waals surface area (Å²) in [6.07, 6.45) is 8.74. The van der Waals surface area contributed by atoms with Gasteiger partial charge in [-0.1, -0.05) is 67.2 Å². The minimum Gasteiger partial charge on any atom is -0.0683 e. The van der Waals surface area contributed by atoms with Gasteiger partial charge in [-0.15, -0.1) is 0 Å². The Morgan fingerprint density at radius 1 is 1.07 bits per heavy atom. The second kappa shape index (κ2) is 7.30. The van der Waals surface area contributed by atoms with Crippen molar-refractivity contribution in [3.05, 3.63) is 0 Å². The van der Waals surface area contributed by atoms with E-state index in [0.717, 1.165) is 11.8 Å². The first-order valence-corrected chi connectivity index (χ1v) is 7.09. The largest absolute Gasteiger partial charge is 0.0683 e. The highest BCUT2D eigenvalue weighted by Gasteiger charge is 2.34. The van der Waals surface area contributed by atoms with Crippen LogP contribution in [0.5, 0.6) is 0 Å². The summed E-state index contributed by atoms with van der Waals surface area (Å²) in [6.45, 7) is 13.7. The summed E-state index contributed by atoms with van der Waals surface area (Å²) >= 11 is 0. The molecule has 0 amide bonds. The van der Waals surface area contributed by atoms with Crippen LogP contribution < -0.4 is 0 Å². The van der Waals surface area contributed by atoms with Crippen molar-refractivity contribution in [2.75, 3.05) is 0 Å². The molecule has 1 saturated carbocycles. The highest BCUT2D eigenvalue weighted by molar-refractivity contribution is 4.84. The van der Waals surface area contributed by atoms with Gasteiger partial charge < -0.3 is 0 Å². The van der Waals surface area contributed by atoms with E-state index in [0.29, 0.717) is 5.41 Å². The predicted octanol–water partition coefficient (Wildman–Crippen LogP) is 5.67. The van der Waals surface area contributed by atoms with Gasteiger partial charge in [0.1, 0.15) is 0 Å². The fourth-order valence-corrected chi connectivity index (χ4v) is 2.78. The van der Waals surface area contributed by atoms with Gasteiger partial charge >= 0.3 is 0 Å². The van der Waals surface area contributed by atoms with E-state index >= 15 is 0 Å². The van der Waals surface area contributed by atoms with Gasteiger partial charge in [0.2, 0.25) is 0 Å². The van der Waals surface area contributed by atoms with E-state index in [1.165, 1.54) is 38.5 Å². The summed E-state index contributed by atoms with van der Waals surface area (Å²) in [7, 11) is 0. The second-order valence-electron chi connectivity index (χ2n) is 5.47. The Kier molecular flexibility index (Phi) is 7.30. The highest BCUT2D eigenvalue weighted by Crippen LogP contribution is 2.44. The van der Waals surface area contributed by atoms with E-state index in [9.17, 15) is 0 Å². The number of hydrogen-bond donors (Lipinski definition) is 0. The molecule has 0 radical (unpaired) electrons. The normalized spacial score (nSPS) is 20.4. The standard InChI is InChI=1S/C13H26.C2H6/c1-5-11(2)13(3,4)12-9-7-6-8-10-12;1-2/h11-12H,5-10H2,1-4H3;1-2H3. The topological polar surface area (TPSA) is 0 Å². The van der Waals surface area contributed by atoms with Crippen LogP contribution in [0.3, 0.4) is 0 Å². The van der Waals surface area contributed by atoms with E-state index in [2.05, 4.69) is 27.7 Å². The van der Waals surface area contributed by atoms with Crippen LogP contribution in [0.1, 0.15) is 80.1 Å². The lowest BCUT2D eigenvalue weighted by Gasteiger charge is -2.41. The Balaban J connectivity index is 0.000000921. The monoisotopic (exact) mass is 212 g/mol. The Labute approximate surface area is 97.8 Å². The molecule has 0 N–H and O–H groups in total. The van der Waals surface area contributed by atoms with Crippen molar-refractivity contribution in [1.82, 2.24) is 0 Å². The van der Waals surface area contributed by atoms with Gasteiger partial charge in [0.25, 0.3) is 0 Å². The molecule has 1 rings (SSSR count). The van der Waals surface area contributed by atoms with Gasteiger partial charge in [0, 0.05) is 0 Å². The lowest BCUT2D eigenvalue weighted by atomic mass is 9.64. The first-order valence-electron chi connectivity index (χ1n) is 7.09. The molecule has 0 aromatic rings. The van der Waals surface area contributed by atoms with Crippen molar-refractivity contribution >= 4 is 0 Å². The molecular formula is C15H32. The van der Waals surface area contributed by atoms with Gasteiger partial charge in [0.15, 0.2) is 0 Å². The molecule has 0 bridgehead atoms. The molecule has 0 aliphatic heterocycles. The van der Waals surface area contributed by atoms with Crippen molar-refractivity contribution in [3.8, 4) is 0 Å². The average Bonchev–Trinajstić information content (AvgIpc) is 2.31. The molecule has 0 nitrogen and oxygen atoms in total. The molecule has 1 fully saturated rings. The Hall–Kier alpha value is 0. The molecule has 1 atom stereocenters. The minimum absolute atomic E-state index is 0.579. The van der Waals surface area contributed by atoms with Crippen molar-refractivity contribution in [2.24, 2.45) is 17.3 Å². The maximum atomic E-state index is 2.48. The molecule has 0 spiro atoms. The zero-order valence-electron chi connectivity index (χ0n) is 11.9. The van der Waals surface area contributed by atoms with Crippen LogP contribution in [0.2, 0.25) is 0 Å². The summed E-state index contributed by atoms with van der Waals surface area (Å²) in [4.78, 5) is 0. The van der Waals surface area contributed by atoms with Gasteiger partial charge in [-0.3, -0.25) is 0 Å². The van der Waals surface area contributed by atoms with Gasteiger partial charge in [-0.25, -0.2) is 0 Å². The van der Waals surface area contributed by atoms with Crippen molar-refractivity contribution in [1.29, 1.82) is 0 Å². The molecule has 1 unspecified atom stereocenters. The summed E-state index contributed by atoms with van der Waals surface area (Å²) < 4.78 is 0. The van der Waals surface area contributed by atoms with Crippen molar-refractivity contribution in [2.45, 2.75) is 80.1 Å². The van der Waals surface area contributed by atoms with Crippen LogP contribution in [0.4, 0.5) is 0 Å². The molecule has 0 aromatic carbocycles. The first-order chi connectivity index (χ1) is 7.09. The molecule has 0 saturated heterocycles. The third-order valence-corrected chi connectivity index (χ3v) is 4.54. The molecule has 92 valence electrons. The van der Waals surface area contributed by atoms with E-state index in [4.69, 9.17) is 0 Å². The quantitative estimate of drug-likeness (QED) is 0.566. The zero-order chi connectivity index (χ0) is 11.9. The van der Waals surface area contributed by atoms with Crippen LogP contribution in [0, 0.1) is 17.3 Å².